The van der Waals surface area contributed by atoms with Crippen LogP contribution in [0.4, 0.5) is 0 Å². The van der Waals surface area contributed by atoms with Crippen LogP contribution in [0.5, 0.6) is 0 Å². The maximum absolute atomic E-state index is 6.33. The van der Waals surface area contributed by atoms with Crippen molar-refractivity contribution in [2.75, 3.05) is 19.8 Å². The minimum Gasteiger partial charge on any atom is -0.501 e. The molecule has 0 saturated heterocycles. The highest BCUT2D eigenvalue weighted by atomic mass is 16.5. The van der Waals surface area contributed by atoms with Crippen molar-refractivity contribution >= 4 is 0 Å². The van der Waals surface area contributed by atoms with Gasteiger partial charge in [0.05, 0.1) is 24.5 Å². The Morgan fingerprint density at radius 2 is 2.15 bits per heavy atom. The van der Waals surface area contributed by atoms with E-state index < -0.39 is 0 Å². The van der Waals surface area contributed by atoms with E-state index in [1.807, 2.05) is 6.26 Å². The van der Waals surface area contributed by atoms with Crippen LogP contribution < -0.4 is 5.32 Å². The minimum atomic E-state index is -0.0240. The second kappa shape index (κ2) is 7.46. The van der Waals surface area contributed by atoms with Crippen molar-refractivity contribution in [3.05, 3.63) is 11.8 Å². The Kier molecular flexibility index (Phi) is 5.91. The molecule has 3 heteroatoms. The molecule has 1 saturated carbocycles. The van der Waals surface area contributed by atoms with E-state index in [1.54, 1.807) is 0 Å². The van der Waals surface area contributed by atoms with Crippen LogP contribution in [0.3, 0.4) is 0 Å². The average Bonchev–Trinajstić information content (AvgIpc) is 2.49. The van der Waals surface area contributed by atoms with E-state index >= 15 is 0 Å². The summed E-state index contributed by atoms with van der Waals surface area (Å²) in [7, 11) is 0. The third-order valence-corrected chi connectivity index (χ3v) is 4.82. The van der Waals surface area contributed by atoms with Gasteiger partial charge in [0.2, 0.25) is 0 Å². The van der Waals surface area contributed by atoms with Gasteiger partial charge < -0.3 is 14.8 Å². The first-order valence-electron chi connectivity index (χ1n) is 8.39. The molecule has 3 nitrogen and oxygen atoms in total. The second-order valence-corrected chi connectivity index (χ2v) is 6.34. The quantitative estimate of drug-likeness (QED) is 0.806. The lowest BCUT2D eigenvalue weighted by molar-refractivity contribution is -0.0897. The van der Waals surface area contributed by atoms with Crippen molar-refractivity contribution in [1.29, 1.82) is 0 Å². The lowest BCUT2D eigenvalue weighted by atomic mass is 9.72. The summed E-state index contributed by atoms with van der Waals surface area (Å²) in [4.78, 5) is 0. The largest absolute Gasteiger partial charge is 0.501 e. The molecule has 1 aliphatic heterocycles. The summed E-state index contributed by atoms with van der Waals surface area (Å²) in [6.45, 7) is 9.30. The van der Waals surface area contributed by atoms with Crippen LogP contribution in [-0.4, -0.2) is 31.4 Å². The Hall–Kier alpha value is -0.540. The molecule has 1 aliphatic carbocycles. The summed E-state index contributed by atoms with van der Waals surface area (Å²) in [5.41, 5.74) is 1.38. The van der Waals surface area contributed by atoms with Gasteiger partial charge in [0.25, 0.3) is 0 Å². The molecule has 2 rings (SSSR count). The van der Waals surface area contributed by atoms with Gasteiger partial charge in [-0.2, -0.15) is 0 Å². The van der Waals surface area contributed by atoms with Gasteiger partial charge in [-0.25, -0.2) is 0 Å². The van der Waals surface area contributed by atoms with Gasteiger partial charge in [0.1, 0.15) is 0 Å². The Bertz CT molecular complexity index is 319. The fraction of sp³-hybridized carbons (Fsp3) is 0.882. The average molecular weight is 281 g/mol. The third-order valence-electron chi connectivity index (χ3n) is 4.82. The molecule has 116 valence electrons. The molecule has 1 fully saturated rings. The van der Waals surface area contributed by atoms with Crippen LogP contribution in [-0.2, 0) is 9.47 Å². The topological polar surface area (TPSA) is 30.5 Å². The van der Waals surface area contributed by atoms with E-state index in [2.05, 4.69) is 26.1 Å². The number of hydrogen-bond donors (Lipinski definition) is 1. The zero-order valence-electron chi connectivity index (χ0n) is 13.4. The molecule has 0 aromatic carbocycles. The molecule has 0 aromatic rings. The molecule has 0 amide bonds. The van der Waals surface area contributed by atoms with Gasteiger partial charge in [-0.1, -0.05) is 13.8 Å². The molecule has 1 atom stereocenters. The highest BCUT2D eigenvalue weighted by Gasteiger charge is 2.43. The van der Waals surface area contributed by atoms with E-state index in [0.717, 1.165) is 51.4 Å². The van der Waals surface area contributed by atoms with Crippen LogP contribution in [0, 0.1) is 5.92 Å². The first-order chi connectivity index (χ1) is 9.72. The molecule has 1 unspecified atom stereocenters. The lowest BCUT2D eigenvalue weighted by Crippen LogP contribution is -2.55. The number of rotatable bonds is 6. The van der Waals surface area contributed by atoms with Gasteiger partial charge in [0, 0.05) is 6.61 Å². The maximum atomic E-state index is 6.33. The van der Waals surface area contributed by atoms with Gasteiger partial charge >= 0.3 is 0 Å². The normalized spacial score (nSPS) is 32.4. The maximum Gasteiger partial charge on any atom is 0.0876 e. The Balaban J connectivity index is 2.19. The molecule has 0 radical (unpaired) electrons. The summed E-state index contributed by atoms with van der Waals surface area (Å²) in [6.07, 6.45) is 9.14. The lowest BCUT2D eigenvalue weighted by Gasteiger charge is -2.46. The smallest absolute Gasteiger partial charge is 0.0876 e. The zero-order valence-corrected chi connectivity index (χ0v) is 13.4. The highest BCUT2D eigenvalue weighted by Crippen LogP contribution is 2.40. The Morgan fingerprint density at radius 3 is 2.70 bits per heavy atom. The molecule has 0 aromatic heterocycles. The molecular formula is C17H31NO2. The van der Waals surface area contributed by atoms with E-state index in [1.165, 1.54) is 18.4 Å². The number of ether oxygens (including phenoxy) is 2. The van der Waals surface area contributed by atoms with Gasteiger partial charge in [-0.15, -0.1) is 0 Å². The predicted molar refractivity (Wildman–Crippen MR) is 82.7 cm³/mol. The van der Waals surface area contributed by atoms with Crippen molar-refractivity contribution in [3.8, 4) is 0 Å². The predicted octanol–water partition coefficient (Wildman–Crippen LogP) is 3.64. The molecule has 1 heterocycles. The van der Waals surface area contributed by atoms with Crippen LogP contribution in [0.25, 0.3) is 0 Å². The van der Waals surface area contributed by atoms with Crippen molar-refractivity contribution in [3.63, 3.8) is 0 Å². The second-order valence-electron chi connectivity index (χ2n) is 6.34. The Labute approximate surface area is 124 Å². The Morgan fingerprint density at radius 1 is 1.40 bits per heavy atom. The first kappa shape index (κ1) is 15.8. The standard InChI is InChI=1S/C17H31NO2/c1-4-18-16(15-7-6-12-19-13-15)17(20-5-2)10-8-14(3)9-11-17/h13-14,16,18H,4-12H2,1-3H3. The molecule has 2 aliphatic rings. The van der Waals surface area contributed by atoms with Gasteiger partial charge in [0.15, 0.2) is 0 Å². The van der Waals surface area contributed by atoms with Crippen molar-refractivity contribution < 1.29 is 9.47 Å². The van der Waals surface area contributed by atoms with E-state index in [9.17, 15) is 0 Å². The minimum absolute atomic E-state index is 0.0240. The number of hydrogen-bond acceptors (Lipinski definition) is 3. The van der Waals surface area contributed by atoms with Crippen LogP contribution in [0.15, 0.2) is 11.8 Å². The molecule has 20 heavy (non-hydrogen) atoms. The molecule has 1 N–H and O–H groups in total. The third kappa shape index (κ3) is 3.56. The summed E-state index contributed by atoms with van der Waals surface area (Å²) in [5.74, 6) is 0.836. The molecule has 0 spiro atoms. The fourth-order valence-corrected chi connectivity index (χ4v) is 3.71. The van der Waals surface area contributed by atoms with E-state index in [4.69, 9.17) is 9.47 Å². The molecule has 0 bridgehead atoms. The summed E-state index contributed by atoms with van der Waals surface area (Å²) in [6, 6.07) is 0.320. The zero-order chi connectivity index (χ0) is 14.4. The summed E-state index contributed by atoms with van der Waals surface area (Å²) >= 11 is 0. The highest BCUT2D eigenvalue weighted by molar-refractivity contribution is 5.18. The van der Waals surface area contributed by atoms with E-state index in [0.29, 0.717) is 6.04 Å². The first-order valence-corrected chi connectivity index (χ1v) is 8.39. The van der Waals surface area contributed by atoms with Crippen molar-refractivity contribution in [1.82, 2.24) is 5.32 Å². The fourth-order valence-electron chi connectivity index (χ4n) is 3.71. The van der Waals surface area contributed by atoms with Crippen LogP contribution in [0.2, 0.25) is 0 Å². The SMILES string of the molecule is CCNC(C1=COCCC1)C1(OCC)CCC(C)CC1. The molecular weight excluding hydrogens is 250 g/mol. The summed E-state index contributed by atoms with van der Waals surface area (Å²) in [5, 5.41) is 3.69. The van der Waals surface area contributed by atoms with Crippen LogP contribution >= 0.6 is 0 Å². The van der Waals surface area contributed by atoms with Gasteiger partial charge in [-0.05, 0) is 63.5 Å². The van der Waals surface area contributed by atoms with Crippen molar-refractivity contribution in [2.24, 2.45) is 5.92 Å². The van der Waals surface area contributed by atoms with Gasteiger partial charge in [-0.3, -0.25) is 0 Å². The monoisotopic (exact) mass is 281 g/mol. The van der Waals surface area contributed by atoms with Crippen molar-refractivity contribution in [2.45, 2.75) is 70.9 Å². The van der Waals surface area contributed by atoms with E-state index in [-0.39, 0.29) is 5.60 Å². The summed E-state index contributed by atoms with van der Waals surface area (Å²) < 4.78 is 11.9. The number of nitrogens with one attached hydrogen (secondary N) is 1. The van der Waals surface area contributed by atoms with Crippen LogP contribution in [0.1, 0.15) is 59.3 Å². The number of likely N-dealkylation sites (N-methyl/N-ethyl adjacent to an activating group) is 1.